The summed E-state index contributed by atoms with van der Waals surface area (Å²) in [6.45, 7) is 21.4. The summed E-state index contributed by atoms with van der Waals surface area (Å²) in [5, 5.41) is 0. The SMILES string of the molecule is CCOc1cc(OCC)c(-c2cc(OCC)c(OCC)c(-c3cc(OCC)c(OCC)cc3OCC)c2OCC)cc1OCC. The summed E-state index contributed by atoms with van der Waals surface area (Å²) >= 11 is 0. The van der Waals surface area contributed by atoms with Gasteiger partial charge in [0, 0.05) is 28.8 Å². The van der Waals surface area contributed by atoms with E-state index in [1.54, 1.807) is 0 Å². The molecule has 248 valence electrons. The minimum atomic E-state index is 0.387. The lowest BCUT2D eigenvalue weighted by molar-refractivity contribution is 0.280. The lowest BCUT2D eigenvalue weighted by Gasteiger charge is -2.25. The third-order valence-corrected chi connectivity index (χ3v) is 6.53. The number of ether oxygens (including phenoxy) is 9. The van der Waals surface area contributed by atoms with Crippen LogP contribution in [0.25, 0.3) is 22.3 Å². The van der Waals surface area contributed by atoms with Crippen LogP contribution in [0, 0.1) is 0 Å². The summed E-state index contributed by atoms with van der Waals surface area (Å²) in [5.74, 6) is 5.26. The molecule has 0 aromatic heterocycles. The van der Waals surface area contributed by atoms with E-state index in [1.165, 1.54) is 0 Å². The second kappa shape index (κ2) is 18.0. The quantitative estimate of drug-likeness (QED) is 0.122. The molecular formula is C36H50O9. The Kier molecular flexibility index (Phi) is 14.1. The van der Waals surface area contributed by atoms with Crippen LogP contribution >= 0.6 is 0 Å². The van der Waals surface area contributed by atoms with Crippen molar-refractivity contribution in [3.8, 4) is 74.0 Å². The van der Waals surface area contributed by atoms with E-state index >= 15 is 0 Å². The minimum absolute atomic E-state index is 0.387. The minimum Gasteiger partial charge on any atom is -0.493 e. The largest absolute Gasteiger partial charge is 0.493 e. The predicted octanol–water partition coefficient (Wildman–Crippen LogP) is 8.61. The second-order valence-electron chi connectivity index (χ2n) is 9.44. The standard InChI is InChI=1S/C36H50O9/c1-10-37-27-22-31(41-14-5)29(39-12-3)19-24(27)25-20-33(43-16-7)36(45-18-9)34(35(25)44-17-8)26-21-30(40-13-4)32(42-15-6)23-28(26)38-11-2/h19-23H,10-18H2,1-9H3. The van der Waals surface area contributed by atoms with Crippen molar-refractivity contribution in [2.75, 3.05) is 59.5 Å². The van der Waals surface area contributed by atoms with Crippen molar-refractivity contribution in [3.63, 3.8) is 0 Å². The molecule has 3 rings (SSSR count). The van der Waals surface area contributed by atoms with Crippen LogP contribution in [0.5, 0.6) is 51.7 Å². The van der Waals surface area contributed by atoms with Crippen molar-refractivity contribution in [2.45, 2.75) is 62.3 Å². The van der Waals surface area contributed by atoms with Crippen LogP contribution in [0.3, 0.4) is 0 Å². The molecule has 0 unspecified atom stereocenters. The highest BCUT2D eigenvalue weighted by atomic mass is 16.5. The lowest BCUT2D eigenvalue weighted by Crippen LogP contribution is -2.07. The van der Waals surface area contributed by atoms with E-state index in [0.717, 1.165) is 11.1 Å². The molecule has 0 heterocycles. The Bertz CT molecular complexity index is 1370. The van der Waals surface area contributed by atoms with Gasteiger partial charge in [0.05, 0.1) is 65.0 Å². The molecule has 0 bridgehead atoms. The molecule has 9 nitrogen and oxygen atoms in total. The molecule has 0 aliphatic carbocycles. The number of benzene rings is 3. The van der Waals surface area contributed by atoms with Gasteiger partial charge in [-0.1, -0.05) is 0 Å². The van der Waals surface area contributed by atoms with Gasteiger partial charge in [-0.2, -0.15) is 0 Å². The molecule has 0 N–H and O–H groups in total. The van der Waals surface area contributed by atoms with Crippen molar-refractivity contribution in [2.24, 2.45) is 0 Å². The fourth-order valence-corrected chi connectivity index (χ4v) is 5.02. The van der Waals surface area contributed by atoms with E-state index in [-0.39, 0.29) is 0 Å². The number of rotatable bonds is 20. The van der Waals surface area contributed by atoms with Gasteiger partial charge < -0.3 is 42.6 Å². The van der Waals surface area contributed by atoms with Crippen molar-refractivity contribution >= 4 is 0 Å². The molecule has 0 saturated carbocycles. The highest BCUT2D eigenvalue weighted by molar-refractivity contribution is 5.93. The summed E-state index contributed by atoms with van der Waals surface area (Å²) in [5.41, 5.74) is 2.88. The van der Waals surface area contributed by atoms with Gasteiger partial charge in [0.25, 0.3) is 0 Å². The van der Waals surface area contributed by atoms with Gasteiger partial charge in [0.15, 0.2) is 34.5 Å². The van der Waals surface area contributed by atoms with E-state index in [1.807, 2.05) is 92.6 Å². The Morgan fingerprint density at radius 3 is 1.04 bits per heavy atom. The van der Waals surface area contributed by atoms with E-state index in [4.69, 9.17) is 42.6 Å². The summed E-state index contributed by atoms with van der Waals surface area (Å²) in [4.78, 5) is 0. The Hall–Kier alpha value is -4.14. The van der Waals surface area contributed by atoms with Gasteiger partial charge in [0.1, 0.15) is 17.2 Å². The first-order valence-corrected chi connectivity index (χ1v) is 16.2. The van der Waals surface area contributed by atoms with Crippen LogP contribution in [0.15, 0.2) is 30.3 Å². The average molecular weight is 627 g/mol. The van der Waals surface area contributed by atoms with Crippen LogP contribution in [0.4, 0.5) is 0 Å². The maximum Gasteiger partial charge on any atom is 0.172 e. The molecule has 0 saturated heterocycles. The third-order valence-electron chi connectivity index (χ3n) is 6.53. The molecule has 9 heteroatoms. The maximum atomic E-state index is 6.53. The summed E-state index contributed by atoms with van der Waals surface area (Å²) < 4.78 is 55.6. The van der Waals surface area contributed by atoms with E-state index < -0.39 is 0 Å². The number of hydrogen-bond donors (Lipinski definition) is 0. The molecule has 45 heavy (non-hydrogen) atoms. The van der Waals surface area contributed by atoms with Gasteiger partial charge in [0.2, 0.25) is 0 Å². The lowest BCUT2D eigenvalue weighted by atomic mass is 9.93. The fourth-order valence-electron chi connectivity index (χ4n) is 5.02. The smallest absolute Gasteiger partial charge is 0.172 e. The van der Waals surface area contributed by atoms with Gasteiger partial charge in [-0.05, 0) is 80.5 Å². The first-order chi connectivity index (χ1) is 22.0. The zero-order valence-corrected chi connectivity index (χ0v) is 28.4. The first-order valence-electron chi connectivity index (χ1n) is 16.2. The summed E-state index contributed by atoms with van der Waals surface area (Å²) in [6.07, 6.45) is 0. The predicted molar refractivity (Wildman–Crippen MR) is 178 cm³/mol. The Morgan fingerprint density at radius 2 is 0.600 bits per heavy atom. The van der Waals surface area contributed by atoms with E-state index in [9.17, 15) is 0 Å². The molecule has 0 aliphatic heterocycles. The average Bonchev–Trinajstić information content (AvgIpc) is 3.02. The number of hydrogen-bond acceptors (Lipinski definition) is 9. The van der Waals surface area contributed by atoms with Crippen LogP contribution in [-0.4, -0.2) is 59.5 Å². The molecule has 0 spiro atoms. The van der Waals surface area contributed by atoms with Crippen LogP contribution in [0.2, 0.25) is 0 Å². The Labute approximate surface area is 268 Å². The highest BCUT2D eigenvalue weighted by Crippen LogP contribution is 2.56. The van der Waals surface area contributed by atoms with Gasteiger partial charge in [-0.25, -0.2) is 0 Å². The van der Waals surface area contributed by atoms with Gasteiger partial charge >= 0.3 is 0 Å². The molecule has 0 fully saturated rings. The molecular weight excluding hydrogens is 576 g/mol. The first kappa shape index (κ1) is 35.3. The fraction of sp³-hybridized carbons (Fsp3) is 0.500. The molecule has 0 amide bonds. The zero-order valence-electron chi connectivity index (χ0n) is 28.4. The Morgan fingerprint density at radius 1 is 0.289 bits per heavy atom. The normalized spacial score (nSPS) is 10.7. The summed E-state index contributed by atoms with van der Waals surface area (Å²) in [7, 11) is 0. The Balaban J connectivity index is 2.58. The van der Waals surface area contributed by atoms with Crippen molar-refractivity contribution in [1.29, 1.82) is 0 Å². The monoisotopic (exact) mass is 626 g/mol. The van der Waals surface area contributed by atoms with Crippen molar-refractivity contribution in [3.05, 3.63) is 30.3 Å². The zero-order chi connectivity index (χ0) is 32.8. The van der Waals surface area contributed by atoms with Crippen molar-refractivity contribution in [1.82, 2.24) is 0 Å². The highest BCUT2D eigenvalue weighted by Gasteiger charge is 2.29. The van der Waals surface area contributed by atoms with E-state index in [2.05, 4.69) is 0 Å². The van der Waals surface area contributed by atoms with Crippen molar-refractivity contribution < 1.29 is 42.6 Å². The van der Waals surface area contributed by atoms with Crippen LogP contribution < -0.4 is 42.6 Å². The van der Waals surface area contributed by atoms with Crippen LogP contribution in [-0.2, 0) is 0 Å². The van der Waals surface area contributed by atoms with Crippen LogP contribution in [0.1, 0.15) is 62.3 Å². The van der Waals surface area contributed by atoms with Gasteiger partial charge in [-0.15, -0.1) is 0 Å². The molecule has 3 aromatic carbocycles. The topological polar surface area (TPSA) is 83.1 Å². The molecule has 0 aliphatic rings. The second-order valence-corrected chi connectivity index (χ2v) is 9.44. The van der Waals surface area contributed by atoms with E-state index in [0.29, 0.717) is 122 Å². The third kappa shape index (κ3) is 8.32. The molecule has 0 radical (unpaired) electrons. The molecule has 3 aromatic rings. The maximum absolute atomic E-state index is 6.53. The summed E-state index contributed by atoms with van der Waals surface area (Å²) in [6, 6.07) is 9.53. The molecule has 0 atom stereocenters. The van der Waals surface area contributed by atoms with Gasteiger partial charge in [-0.3, -0.25) is 0 Å².